The lowest BCUT2D eigenvalue weighted by molar-refractivity contribution is -0.121. The van der Waals surface area contributed by atoms with Gasteiger partial charge in [-0.15, -0.1) is 0 Å². The maximum Gasteiger partial charge on any atom is 0.332 e. The highest BCUT2D eigenvalue weighted by Gasteiger charge is 2.18. The van der Waals surface area contributed by atoms with E-state index in [0.717, 1.165) is 9.13 Å². The minimum absolute atomic E-state index is 0.219. The third-order valence-electron chi connectivity index (χ3n) is 5.05. The van der Waals surface area contributed by atoms with Crippen molar-refractivity contribution in [1.82, 2.24) is 19.4 Å². The number of benzene rings is 2. The molecule has 2 N–H and O–H groups in total. The van der Waals surface area contributed by atoms with Gasteiger partial charge < -0.3 is 20.3 Å². The SMILES string of the molecule is COc1ccc(Cl)cc1NC(=O)Cn1c(=O)n(CC(=O)NCCN(C)C)c(=O)c2ccccc21. The molecule has 1 heterocycles. The van der Waals surface area contributed by atoms with Gasteiger partial charge in [-0.25, -0.2) is 4.79 Å². The number of likely N-dealkylation sites (N-methyl/N-ethyl adjacent to an activating group) is 1. The minimum Gasteiger partial charge on any atom is -0.495 e. The molecule has 0 aliphatic rings. The summed E-state index contributed by atoms with van der Waals surface area (Å²) < 4.78 is 7.23. The number of para-hydroxylation sites is 1. The second-order valence-electron chi connectivity index (χ2n) is 7.82. The Morgan fingerprint density at radius 3 is 2.44 bits per heavy atom. The molecule has 180 valence electrons. The molecule has 0 saturated carbocycles. The maximum absolute atomic E-state index is 13.2. The Labute approximate surface area is 200 Å². The Bertz CT molecular complexity index is 1330. The van der Waals surface area contributed by atoms with Gasteiger partial charge in [0.2, 0.25) is 11.8 Å². The number of nitrogens with zero attached hydrogens (tertiary/aromatic N) is 3. The van der Waals surface area contributed by atoms with Crippen LogP contribution >= 0.6 is 11.6 Å². The second-order valence-corrected chi connectivity index (χ2v) is 8.26. The first-order valence-corrected chi connectivity index (χ1v) is 10.9. The predicted molar refractivity (Wildman–Crippen MR) is 131 cm³/mol. The number of halogens is 1. The topological polar surface area (TPSA) is 115 Å². The highest BCUT2D eigenvalue weighted by molar-refractivity contribution is 6.31. The van der Waals surface area contributed by atoms with Crippen molar-refractivity contribution in [1.29, 1.82) is 0 Å². The van der Waals surface area contributed by atoms with Gasteiger partial charge in [-0.1, -0.05) is 23.7 Å². The zero-order valence-corrected chi connectivity index (χ0v) is 19.9. The quantitative estimate of drug-likeness (QED) is 0.468. The van der Waals surface area contributed by atoms with E-state index in [-0.39, 0.29) is 10.9 Å². The number of carbonyl (C=O) groups excluding carboxylic acids is 2. The van der Waals surface area contributed by atoms with Gasteiger partial charge in [0, 0.05) is 18.1 Å². The molecule has 0 saturated heterocycles. The maximum atomic E-state index is 13.2. The smallest absolute Gasteiger partial charge is 0.332 e. The number of aromatic nitrogens is 2. The highest BCUT2D eigenvalue weighted by Crippen LogP contribution is 2.27. The van der Waals surface area contributed by atoms with Gasteiger partial charge in [-0.3, -0.25) is 23.5 Å². The standard InChI is InChI=1S/C23H26ClN5O5/c1-27(2)11-10-25-20(30)13-29-22(32)16-6-4-5-7-18(16)28(23(29)33)14-21(31)26-17-12-15(24)8-9-19(17)34-3/h4-9,12H,10-11,13-14H2,1-3H3,(H,25,30)(H,26,31). The summed E-state index contributed by atoms with van der Waals surface area (Å²) in [5.74, 6) is -0.612. The molecule has 1 aromatic heterocycles. The number of anilines is 1. The fourth-order valence-corrected chi connectivity index (χ4v) is 3.56. The Morgan fingerprint density at radius 1 is 1.03 bits per heavy atom. The number of hydrogen-bond donors (Lipinski definition) is 2. The van der Waals surface area contributed by atoms with Gasteiger partial charge in [-0.2, -0.15) is 0 Å². The summed E-state index contributed by atoms with van der Waals surface area (Å²) >= 11 is 6.02. The molecular weight excluding hydrogens is 462 g/mol. The Hall–Kier alpha value is -3.63. The molecule has 11 heteroatoms. The summed E-state index contributed by atoms with van der Waals surface area (Å²) in [4.78, 5) is 53.2. The lowest BCUT2D eigenvalue weighted by Gasteiger charge is -2.15. The largest absolute Gasteiger partial charge is 0.495 e. The van der Waals surface area contributed by atoms with Crippen LogP contribution < -0.4 is 26.6 Å². The lowest BCUT2D eigenvalue weighted by Crippen LogP contribution is -2.45. The summed E-state index contributed by atoms with van der Waals surface area (Å²) in [5.41, 5.74) is -0.739. The number of methoxy groups -OCH3 is 1. The van der Waals surface area contributed by atoms with E-state index >= 15 is 0 Å². The van der Waals surface area contributed by atoms with Crippen LogP contribution in [0.3, 0.4) is 0 Å². The molecule has 0 spiro atoms. The number of hydrogen-bond acceptors (Lipinski definition) is 6. The van der Waals surface area contributed by atoms with Crippen molar-refractivity contribution in [3.8, 4) is 5.75 Å². The second kappa shape index (κ2) is 11.0. The van der Waals surface area contributed by atoms with E-state index in [4.69, 9.17) is 16.3 Å². The number of ether oxygens (including phenoxy) is 1. The van der Waals surface area contributed by atoms with E-state index in [2.05, 4.69) is 10.6 Å². The summed E-state index contributed by atoms with van der Waals surface area (Å²) in [6, 6.07) is 11.2. The van der Waals surface area contributed by atoms with Gasteiger partial charge in [-0.05, 0) is 44.4 Å². The third kappa shape index (κ3) is 5.83. The average molecular weight is 488 g/mol. The van der Waals surface area contributed by atoms with Crippen LogP contribution in [0.4, 0.5) is 5.69 Å². The van der Waals surface area contributed by atoms with E-state index < -0.39 is 36.2 Å². The lowest BCUT2D eigenvalue weighted by atomic mass is 10.2. The van der Waals surface area contributed by atoms with Crippen molar-refractivity contribution in [2.45, 2.75) is 13.1 Å². The van der Waals surface area contributed by atoms with Gasteiger partial charge in [0.1, 0.15) is 18.8 Å². The number of nitrogens with one attached hydrogen (secondary N) is 2. The first-order chi connectivity index (χ1) is 16.2. The van der Waals surface area contributed by atoms with Crippen molar-refractivity contribution >= 4 is 40.0 Å². The van der Waals surface area contributed by atoms with Gasteiger partial charge in [0.05, 0.1) is 23.7 Å². The third-order valence-corrected chi connectivity index (χ3v) is 5.29. The van der Waals surface area contributed by atoms with Crippen LogP contribution in [0.25, 0.3) is 10.9 Å². The zero-order chi connectivity index (χ0) is 24.8. The molecule has 3 aromatic rings. The Balaban J connectivity index is 1.93. The van der Waals surface area contributed by atoms with Crippen molar-refractivity contribution in [2.75, 3.05) is 39.6 Å². The fraction of sp³-hybridized carbons (Fsp3) is 0.304. The van der Waals surface area contributed by atoms with Crippen LogP contribution in [0.5, 0.6) is 5.75 Å². The fourth-order valence-electron chi connectivity index (χ4n) is 3.39. The highest BCUT2D eigenvalue weighted by atomic mass is 35.5. The van der Waals surface area contributed by atoms with Crippen LogP contribution in [-0.4, -0.2) is 60.1 Å². The molecule has 0 bridgehead atoms. The van der Waals surface area contributed by atoms with Crippen molar-refractivity contribution < 1.29 is 14.3 Å². The monoisotopic (exact) mass is 487 g/mol. The van der Waals surface area contributed by atoms with Crippen molar-refractivity contribution in [2.24, 2.45) is 0 Å². The minimum atomic E-state index is -0.764. The van der Waals surface area contributed by atoms with E-state index in [1.54, 1.807) is 36.4 Å². The number of amides is 2. The Morgan fingerprint density at radius 2 is 1.74 bits per heavy atom. The normalized spacial score (nSPS) is 11.0. The molecule has 0 unspecified atom stereocenters. The summed E-state index contributed by atoms with van der Waals surface area (Å²) in [6.45, 7) is 0.124. The van der Waals surface area contributed by atoms with E-state index in [1.807, 2.05) is 19.0 Å². The molecule has 2 aromatic carbocycles. The summed E-state index contributed by atoms with van der Waals surface area (Å²) in [7, 11) is 5.18. The van der Waals surface area contributed by atoms with Gasteiger partial charge >= 0.3 is 5.69 Å². The van der Waals surface area contributed by atoms with Gasteiger partial charge in [0.25, 0.3) is 5.56 Å². The van der Waals surface area contributed by atoms with Crippen molar-refractivity contribution in [3.05, 3.63) is 68.3 Å². The predicted octanol–water partition coefficient (Wildman–Crippen LogP) is 1.14. The first-order valence-electron chi connectivity index (χ1n) is 10.5. The number of rotatable bonds is 9. The first kappa shape index (κ1) is 25.0. The molecule has 34 heavy (non-hydrogen) atoms. The van der Waals surface area contributed by atoms with Crippen LogP contribution in [0, 0.1) is 0 Å². The van der Waals surface area contributed by atoms with Crippen LogP contribution in [0.1, 0.15) is 0 Å². The molecule has 3 rings (SSSR count). The Kier molecular flexibility index (Phi) is 8.08. The molecule has 0 fully saturated rings. The van der Waals surface area contributed by atoms with Crippen molar-refractivity contribution in [3.63, 3.8) is 0 Å². The molecule has 0 aliphatic carbocycles. The molecule has 10 nitrogen and oxygen atoms in total. The molecule has 0 radical (unpaired) electrons. The molecular formula is C23H26ClN5O5. The number of carbonyl (C=O) groups is 2. The zero-order valence-electron chi connectivity index (χ0n) is 19.1. The molecule has 0 aliphatic heterocycles. The summed E-state index contributed by atoms with van der Waals surface area (Å²) in [6.07, 6.45) is 0. The van der Waals surface area contributed by atoms with E-state index in [9.17, 15) is 19.2 Å². The van der Waals surface area contributed by atoms with E-state index in [0.29, 0.717) is 29.5 Å². The van der Waals surface area contributed by atoms with Crippen LogP contribution in [0.2, 0.25) is 5.02 Å². The van der Waals surface area contributed by atoms with Crippen LogP contribution in [-0.2, 0) is 22.7 Å². The van der Waals surface area contributed by atoms with Gasteiger partial charge in [0.15, 0.2) is 0 Å². The van der Waals surface area contributed by atoms with Crippen LogP contribution in [0.15, 0.2) is 52.1 Å². The van der Waals surface area contributed by atoms with E-state index in [1.165, 1.54) is 13.2 Å². The number of fused-ring (bicyclic) bond motifs is 1. The molecule has 0 atom stereocenters. The molecule has 2 amide bonds. The summed E-state index contributed by atoms with van der Waals surface area (Å²) in [5, 5.41) is 5.97. The average Bonchev–Trinajstić information content (AvgIpc) is 2.79.